The molecule has 0 spiro atoms. The Hall–Kier alpha value is -2.73. The standard InChI is InChI=1S/3C7H13F3.2C6H8F6.C6H11F3.5C6H14.C5H6F6.2C5H9F3.2C5H12.C4H7F3.3C4H10/c1-3-4-6(2)5-7(8,9)10;1-3-4-5-6(2)7(8,9)10;1-2-3-4-5-6-7(8,9)10;1-4(6(10,11)12)2-3-5(7,8)9;1-2-3-4(5(7,8)9)6(10,11)12;1-3-4-5(2)6(7,8)9;2*1-5-6(2,3)4;1-5(2)6(3)4;1-4-6(3)5-2;1-3-5-6-4-2;1-3(2,4(6,7)8)5(9,10)11;1-4(2,3)5(6,7)8;1-3-4(2)5(6,7)8;1-4-5(2)3;1-3-5-4-2;1-3(2)4(5,6)7;3*1-4(2)3/h2*6H,3-5H2,1-2H3;2-6H2,1H3;2*4H,2-3H2,1H3;5H,3-4H2,1-2H3;2*5H2,1-4H3;5-6H,1-4H3;6H,4-5H2,1-3H3;3-6H2,1-2H3;1-2H3;1-3H3;4H,3H2,1-2H3;5H,4H2,1-3H3;3-5H2,1-2H3;3H,1-2H3;3*4H,1-3H3/t2*6-;;4-;;5-;;;;;;;;;;;;;;/m00.0.0............../s1/i;;;;;;;;;;;;;;;;;2*4D;. The third-order valence-electron chi connectivity index (χ3n) is 19.7. The number of alkyl halides is 39. The molecule has 0 radical (unpaired) electrons. The number of rotatable bonds is 26. The molecule has 0 saturated heterocycles. The zero-order chi connectivity index (χ0) is 128. The van der Waals surface area contributed by atoms with Gasteiger partial charge < -0.3 is 0 Å². The normalized spacial score (nSPS) is 13.4. The van der Waals surface area contributed by atoms with Gasteiger partial charge in [0.1, 0.15) is 0 Å². The van der Waals surface area contributed by atoms with Gasteiger partial charge in [-0.25, -0.2) is 0 Å². The van der Waals surface area contributed by atoms with Crippen LogP contribution in [0.3, 0.4) is 0 Å². The first-order valence-electron chi connectivity index (χ1n) is 53.7. The lowest BCUT2D eigenvalue weighted by molar-refractivity contribution is -0.327. The number of unbranched alkanes of at least 4 members (excludes halogenated alkanes) is 9. The molecule has 0 saturated carbocycles. The number of hydrogen-bond acceptors (Lipinski definition) is 0. The maximum Gasteiger partial charge on any atom is 0.402 e. The topological polar surface area (TPSA) is 0 Å². The van der Waals surface area contributed by atoms with E-state index in [0.717, 1.165) is 96.8 Å². The van der Waals surface area contributed by atoms with Crippen molar-refractivity contribution in [3.05, 3.63) is 0 Å². The van der Waals surface area contributed by atoms with Crippen LogP contribution >= 0.6 is 0 Å². The first-order valence-corrected chi connectivity index (χ1v) is 52.7. The molecule has 0 aliphatic carbocycles. The van der Waals surface area contributed by atoms with E-state index in [9.17, 15) is 171 Å². The zero-order valence-corrected chi connectivity index (χ0v) is 101. The average molecular weight is 2290 g/mol. The summed E-state index contributed by atoms with van der Waals surface area (Å²) >= 11 is 0. The van der Waals surface area contributed by atoms with Gasteiger partial charge in [0.25, 0.3) is 0 Å². The summed E-state index contributed by atoms with van der Waals surface area (Å²) in [5.41, 5.74) is -4.10. The monoisotopic (exact) mass is 2290 g/mol. The van der Waals surface area contributed by atoms with Crippen molar-refractivity contribution in [3.8, 4) is 0 Å². The van der Waals surface area contributed by atoms with Crippen molar-refractivity contribution in [2.45, 2.75) is 612 Å². The van der Waals surface area contributed by atoms with E-state index in [1.54, 1.807) is 13.8 Å². The molecule has 149 heavy (non-hydrogen) atoms. The van der Waals surface area contributed by atoms with Crippen LogP contribution in [0.1, 0.15) is 535 Å². The highest BCUT2D eigenvalue weighted by Gasteiger charge is 2.64. The molecule has 0 fully saturated rings. The summed E-state index contributed by atoms with van der Waals surface area (Å²) in [6.45, 7) is 89.0. The van der Waals surface area contributed by atoms with Gasteiger partial charge in [-0.15, -0.1) is 0 Å². The average Bonchev–Trinajstić information content (AvgIpc) is 0.787. The Morgan fingerprint density at radius 2 is 0.436 bits per heavy atom. The molecular weight excluding hydrogens is 2060 g/mol. The highest BCUT2D eigenvalue weighted by Crippen LogP contribution is 2.50. The van der Waals surface area contributed by atoms with E-state index in [4.69, 9.17) is 2.74 Å². The summed E-state index contributed by atoms with van der Waals surface area (Å²) in [6.07, 6.45) is -39.1. The van der Waals surface area contributed by atoms with Crippen LogP contribution in [-0.4, -0.2) is 80.3 Å². The SMILES string of the molecule is CC(C)(C(F)(F)F)C(F)(F)F.CC(C)(C)C(F)(F)F.CC(C)C.CC(C)C(C)C.CC(C)C(F)(F)F.CCC(C)(C)C.CCC(C)(C)C.CCC(C)C.CCC(C)C(F)(F)F.CCC(C)CC.CCCC(C(F)(F)F)C(F)(F)F.CCCCC.CCCCCC.CCCCCCC(F)(F)F.CCCC[C@H](C)C(F)(F)F.CCC[C@H](C)C(F)(F)F.CCC[C@H](C)CC(F)(F)F.C[C@@H](CCC(F)(F)F)C(F)(F)F.[2H]C(C)(C)C.[2H]C(C)(C)C. The first-order chi connectivity index (χ1) is 65.9. The summed E-state index contributed by atoms with van der Waals surface area (Å²) in [6, 6.07) is 0. The number of hydrogen-bond donors (Lipinski definition) is 0. The van der Waals surface area contributed by atoms with Gasteiger partial charge in [-0.05, 0) is 110 Å². The molecule has 0 aromatic heterocycles. The zero-order valence-electron chi connectivity index (χ0n) is 103. The van der Waals surface area contributed by atoms with E-state index in [2.05, 4.69) is 173 Å². The van der Waals surface area contributed by atoms with Gasteiger partial charge in [0.05, 0.1) is 29.1 Å². The van der Waals surface area contributed by atoms with Crippen LogP contribution < -0.4 is 0 Å². The van der Waals surface area contributed by atoms with Crippen LogP contribution in [0.2, 0.25) is 0 Å². The largest absolute Gasteiger partial charge is 0.402 e. The molecule has 0 aromatic rings. The minimum atomic E-state index is -5.24. The Labute approximate surface area is 887 Å². The van der Waals surface area contributed by atoms with Gasteiger partial charge >= 0.3 is 80.3 Å². The van der Waals surface area contributed by atoms with Crippen molar-refractivity contribution in [3.63, 3.8) is 0 Å². The molecule has 5 atom stereocenters. The van der Waals surface area contributed by atoms with Gasteiger partial charge in [0.15, 0.2) is 11.3 Å². The van der Waals surface area contributed by atoms with Gasteiger partial charge in [-0.2, -0.15) is 171 Å². The van der Waals surface area contributed by atoms with Crippen LogP contribution in [0, 0.1) is 104 Å². The van der Waals surface area contributed by atoms with Crippen molar-refractivity contribution in [1.82, 2.24) is 0 Å². The Morgan fingerprint density at radius 3 is 0.544 bits per heavy atom. The van der Waals surface area contributed by atoms with Crippen molar-refractivity contribution < 1.29 is 174 Å². The van der Waals surface area contributed by atoms with Gasteiger partial charge in [0, 0.05) is 27.9 Å². The van der Waals surface area contributed by atoms with E-state index in [0.29, 0.717) is 36.5 Å². The lowest BCUT2D eigenvalue weighted by Gasteiger charge is -2.29. The van der Waals surface area contributed by atoms with Crippen molar-refractivity contribution in [2.75, 3.05) is 0 Å². The molecule has 0 bridgehead atoms. The van der Waals surface area contributed by atoms with Gasteiger partial charge in [-0.1, -0.05) is 460 Å². The smallest absolute Gasteiger partial charge is 0.171 e. The van der Waals surface area contributed by atoms with Crippen molar-refractivity contribution in [2.24, 2.45) is 104 Å². The fourth-order valence-electron chi connectivity index (χ4n) is 5.89. The highest BCUT2D eigenvalue weighted by molar-refractivity contribution is 4.84. The fourth-order valence-corrected chi connectivity index (χ4v) is 5.89. The van der Waals surface area contributed by atoms with Gasteiger partial charge in [0.2, 0.25) is 0 Å². The summed E-state index contributed by atoms with van der Waals surface area (Å²) in [5, 5.41) is 0. The van der Waals surface area contributed by atoms with Crippen LogP contribution in [0.15, 0.2) is 0 Å². The van der Waals surface area contributed by atoms with Crippen molar-refractivity contribution in [1.29, 1.82) is 0 Å². The molecule has 0 nitrogen and oxygen atoms in total. The van der Waals surface area contributed by atoms with Crippen LogP contribution in [0.4, 0.5) is 171 Å². The molecule has 39 heteroatoms. The van der Waals surface area contributed by atoms with Crippen LogP contribution in [0.25, 0.3) is 0 Å². The summed E-state index contributed by atoms with van der Waals surface area (Å²) in [5.74, 6) is -6.04. The third kappa shape index (κ3) is 206. The highest BCUT2D eigenvalue weighted by atomic mass is 19.5. The Kier molecular flexibility index (Phi) is 130. The van der Waals surface area contributed by atoms with Crippen molar-refractivity contribution >= 4 is 0 Å². The van der Waals surface area contributed by atoms with E-state index < -0.39 is 159 Å². The van der Waals surface area contributed by atoms with Crippen LogP contribution in [-0.2, 0) is 0 Å². The summed E-state index contributed by atoms with van der Waals surface area (Å²) < 4.78 is 465. The maximum atomic E-state index is 11.8. The molecule has 0 amide bonds. The quantitative estimate of drug-likeness (QED) is 0.0598. The molecule has 0 rings (SSSR count). The molecule has 0 aromatic carbocycles. The second-order valence-electron chi connectivity index (χ2n) is 43.7. The molecule has 0 aliphatic rings. The Morgan fingerprint density at radius 1 is 0.215 bits per heavy atom. The number of halogens is 39. The lowest BCUT2D eigenvalue weighted by atomic mass is 9.92. The van der Waals surface area contributed by atoms with E-state index in [1.807, 2.05) is 62.3 Å². The third-order valence-corrected chi connectivity index (χ3v) is 19.7. The minimum Gasteiger partial charge on any atom is -0.171 e. The fraction of sp³-hybridized carbons (Fsp3) is 1.00. The predicted octanol–water partition coefficient (Wildman–Crippen LogP) is 52.3. The second-order valence-corrected chi connectivity index (χ2v) is 43.7. The van der Waals surface area contributed by atoms with Crippen LogP contribution in [0.5, 0.6) is 0 Å². The van der Waals surface area contributed by atoms with E-state index in [1.165, 1.54) is 112 Å². The van der Waals surface area contributed by atoms with Gasteiger partial charge in [-0.3, -0.25) is 0 Å². The molecular formula is C110H221F39. The first kappa shape index (κ1) is 188. The molecule has 0 aliphatic heterocycles. The predicted molar refractivity (Wildman–Crippen MR) is 554 cm³/mol. The lowest BCUT2D eigenvalue weighted by Crippen LogP contribution is -2.44. The Bertz CT molecular complexity index is 2550. The second kappa shape index (κ2) is 103. The summed E-state index contributed by atoms with van der Waals surface area (Å²) in [7, 11) is 0. The maximum absolute atomic E-state index is 11.8. The molecule has 0 heterocycles. The molecule has 0 N–H and O–H groups in total. The van der Waals surface area contributed by atoms with E-state index >= 15 is 0 Å². The minimum absolute atomic E-state index is 0.104. The van der Waals surface area contributed by atoms with E-state index in [-0.39, 0.29) is 63.7 Å². The Balaban J connectivity index is -0.0000000669. The summed E-state index contributed by atoms with van der Waals surface area (Å²) in [4.78, 5) is 0. The molecule has 1 unspecified atom stereocenters. The molecule has 934 valence electrons.